The van der Waals surface area contributed by atoms with Gasteiger partial charge in [-0.3, -0.25) is 4.68 Å². The fraction of sp³-hybridized carbons (Fsp3) is 0.400. The van der Waals surface area contributed by atoms with Crippen LogP contribution in [0.1, 0.15) is 24.4 Å². The SMILES string of the molecule is Nc1cnn(C(c2ccccc2)C2CCSCC2)c1. The number of hydrogen-bond acceptors (Lipinski definition) is 3. The Morgan fingerprint density at radius 1 is 1.21 bits per heavy atom. The molecule has 2 heterocycles. The van der Waals surface area contributed by atoms with E-state index >= 15 is 0 Å². The van der Waals surface area contributed by atoms with Gasteiger partial charge < -0.3 is 5.73 Å². The number of nitrogens with zero attached hydrogens (tertiary/aromatic N) is 2. The van der Waals surface area contributed by atoms with Crippen LogP contribution in [0.15, 0.2) is 42.7 Å². The van der Waals surface area contributed by atoms with Crippen molar-refractivity contribution in [1.82, 2.24) is 9.78 Å². The van der Waals surface area contributed by atoms with E-state index in [4.69, 9.17) is 5.73 Å². The number of rotatable bonds is 3. The van der Waals surface area contributed by atoms with Crippen molar-refractivity contribution in [2.45, 2.75) is 18.9 Å². The Kier molecular flexibility index (Phi) is 3.78. The summed E-state index contributed by atoms with van der Waals surface area (Å²) in [6, 6.07) is 11.0. The quantitative estimate of drug-likeness (QED) is 0.934. The molecule has 0 spiro atoms. The highest BCUT2D eigenvalue weighted by Crippen LogP contribution is 2.36. The second kappa shape index (κ2) is 5.70. The zero-order chi connectivity index (χ0) is 13.1. The Labute approximate surface area is 118 Å². The summed E-state index contributed by atoms with van der Waals surface area (Å²) in [6.07, 6.45) is 6.21. The number of aromatic nitrogens is 2. The summed E-state index contributed by atoms with van der Waals surface area (Å²) < 4.78 is 2.05. The minimum atomic E-state index is 0.319. The van der Waals surface area contributed by atoms with Crippen molar-refractivity contribution in [2.75, 3.05) is 17.2 Å². The number of benzene rings is 1. The molecule has 1 aromatic heterocycles. The molecular formula is C15H19N3S. The fourth-order valence-electron chi connectivity index (χ4n) is 2.83. The van der Waals surface area contributed by atoms with Crippen LogP contribution in [-0.2, 0) is 0 Å². The zero-order valence-electron chi connectivity index (χ0n) is 10.9. The predicted octanol–water partition coefficient (Wildman–Crippen LogP) is 3.20. The summed E-state index contributed by atoms with van der Waals surface area (Å²) in [7, 11) is 0. The molecule has 2 aromatic rings. The maximum absolute atomic E-state index is 5.84. The molecule has 0 radical (unpaired) electrons. The first-order chi connectivity index (χ1) is 9.34. The third-order valence-corrected chi connectivity index (χ3v) is 4.81. The second-order valence-corrected chi connectivity index (χ2v) is 6.28. The Balaban J connectivity index is 1.95. The van der Waals surface area contributed by atoms with Crippen molar-refractivity contribution < 1.29 is 0 Å². The maximum Gasteiger partial charge on any atom is 0.0798 e. The number of thioether (sulfide) groups is 1. The van der Waals surface area contributed by atoms with Gasteiger partial charge in [-0.1, -0.05) is 30.3 Å². The van der Waals surface area contributed by atoms with E-state index in [1.165, 1.54) is 29.9 Å². The predicted molar refractivity (Wildman–Crippen MR) is 81.3 cm³/mol. The van der Waals surface area contributed by atoms with E-state index in [1.54, 1.807) is 6.20 Å². The molecule has 3 rings (SSSR count). The highest BCUT2D eigenvalue weighted by molar-refractivity contribution is 7.99. The number of nitrogen functional groups attached to an aromatic ring is 1. The lowest BCUT2D eigenvalue weighted by Crippen LogP contribution is -2.24. The van der Waals surface area contributed by atoms with E-state index in [1.807, 2.05) is 10.9 Å². The Morgan fingerprint density at radius 3 is 2.58 bits per heavy atom. The van der Waals surface area contributed by atoms with E-state index in [0.717, 1.165) is 5.69 Å². The lowest BCUT2D eigenvalue weighted by atomic mass is 9.88. The van der Waals surface area contributed by atoms with E-state index < -0.39 is 0 Å². The molecule has 19 heavy (non-hydrogen) atoms. The van der Waals surface area contributed by atoms with Gasteiger partial charge in [0.25, 0.3) is 0 Å². The largest absolute Gasteiger partial charge is 0.396 e. The first kappa shape index (κ1) is 12.6. The lowest BCUT2D eigenvalue weighted by Gasteiger charge is -2.30. The van der Waals surface area contributed by atoms with Gasteiger partial charge in [0.15, 0.2) is 0 Å². The van der Waals surface area contributed by atoms with E-state index in [0.29, 0.717) is 12.0 Å². The van der Waals surface area contributed by atoms with Crippen molar-refractivity contribution in [1.29, 1.82) is 0 Å². The standard InChI is InChI=1S/C15H19N3S/c16-14-10-17-18(11-14)15(12-4-2-1-3-5-12)13-6-8-19-9-7-13/h1-5,10-11,13,15H,6-9,16H2. The monoisotopic (exact) mass is 273 g/mol. The summed E-state index contributed by atoms with van der Waals surface area (Å²) >= 11 is 2.06. The normalized spacial score (nSPS) is 18.3. The first-order valence-electron chi connectivity index (χ1n) is 6.77. The zero-order valence-corrected chi connectivity index (χ0v) is 11.7. The van der Waals surface area contributed by atoms with Crippen LogP contribution in [0.25, 0.3) is 0 Å². The lowest BCUT2D eigenvalue weighted by molar-refractivity contribution is 0.332. The van der Waals surface area contributed by atoms with Crippen molar-refractivity contribution in [2.24, 2.45) is 5.92 Å². The maximum atomic E-state index is 5.84. The molecule has 0 aliphatic carbocycles. The second-order valence-electron chi connectivity index (χ2n) is 5.06. The Morgan fingerprint density at radius 2 is 1.95 bits per heavy atom. The van der Waals surface area contributed by atoms with Crippen LogP contribution in [0.4, 0.5) is 5.69 Å². The average Bonchev–Trinajstić information content (AvgIpc) is 2.88. The van der Waals surface area contributed by atoms with Crippen LogP contribution in [0, 0.1) is 5.92 Å². The molecule has 3 nitrogen and oxygen atoms in total. The third-order valence-electron chi connectivity index (χ3n) is 3.76. The van der Waals surface area contributed by atoms with E-state index in [-0.39, 0.29) is 0 Å². The van der Waals surface area contributed by atoms with E-state index in [2.05, 4.69) is 47.2 Å². The van der Waals surface area contributed by atoms with Gasteiger partial charge in [-0.15, -0.1) is 0 Å². The van der Waals surface area contributed by atoms with Crippen LogP contribution in [-0.4, -0.2) is 21.3 Å². The fourth-order valence-corrected chi connectivity index (χ4v) is 3.97. The molecule has 4 heteroatoms. The van der Waals surface area contributed by atoms with Crippen molar-refractivity contribution in [3.05, 3.63) is 48.3 Å². The molecule has 100 valence electrons. The van der Waals surface area contributed by atoms with Crippen LogP contribution in [0.3, 0.4) is 0 Å². The molecule has 0 bridgehead atoms. The van der Waals surface area contributed by atoms with Gasteiger partial charge in [0.2, 0.25) is 0 Å². The molecule has 1 atom stereocenters. The molecule has 1 saturated heterocycles. The number of hydrogen-bond donors (Lipinski definition) is 1. The van der Waals surface area contributed by atoms with Gasteiger partial charge in [0.1, 0.15) is 0 Å². The van der Waals surface area contributed by atoms with Gasteiger partial charge in [0, 0.05) is 6.20 Å². The summed E-state index contributed by atoms with van der Waals surface area (Å²) in [6.45, 7) is 0. The minimum absolute atomic E-state index is 0.319. The molecule has 2 N–H and O–H groups in total. The van der Waals surface area contributed by atoms with Crippen molar-refractivity contribution in [3.8, 4) is 0 Å². The molecule has 1 unspecified atom stereocenters. The van der Waals surface area contributed by atoms with Gasteiger partial charge in [-0.05, 0) is 35.8 Å². The average molecular weight is 273 g/mol. The molecular weight excluding hydrogens is 254 g/mol. The molecule has 1 aliphatic rings. The Bertz CT molecular complexity index is 517. The molecule has 1 fully saturated rings. The molecule has 1 aromatic carbocycles. The smallest absolute Gasteiger partial charge is 0.0798 e. The highest BCUT2D eigenvalue weighted by atomic mass is 32.2. The summed E-state index contributed by atoms with van der Waals surface area (Å²) in [5, 5.41) is 4.45. The summed E-state index contributed by atoms with van der Waals surface area (Å²) in [5.74, 6) is 3.16. The molecule has 0 amide bonds. The van der Waals surface area contributed by atoms with E-state index in [9.17, 15) is 0 Å². The van der Waals surface area contributed by atoms with Crippen LogP contribution >= 0.6 is 11.8 Å². The third kappa shape index (κ3) is 2.78. The Hall–Kier alpha value is -1.42. The highest BCUT2D eigenvalue weighted by Gasteiger charge is 2.27. The van der Waals surface area contributed by atoms with Gasteiger partial charge in [-0.25, -0.2) is 0 Å². The van der Waals surface area contributed by atoms with Gasteiger partial charge in [-0.2, -0.15) is 16.9 Å². The number of nitrogens with two attached hydrogens (primary N) is 1. The van der Waals surface area contributed by atoms with Crippen LogP contribution in [0.5, 0.6) is 0 Å². The minimum Gasteiger partial charge on any atom is -0.396 e. The first-order valence-corrected chi connectivity index (χ1v) is 7.92. The summed E-state index contributed by atoms with van der Waals surface area (Å²) in [4.78, 5) is 0. The van der Waals surface area contributed by atoms with Gasteiger partial charge in [0.05, 0.1) is 17.9 Å². The van der Waals surface area contributed by atoms with Gasteiger partial charge >= 0.3 is 0 Å². The van der Waals surface area contributed by atoms with Crippen LogP contribution in [0.2, 0.25) is 0 Å². The summed E-state index contributed by atoms with van der Waals surface area (Å²) in [5.41, 5.74) is 7.91. The number of anilines is 1. The molecule has 0 saturated carbocycles. The van der Waals surface area contributed by atoms with Crippen molar-refractivity contribution >= 4 is 17.4 Å². The van der Waals surface area contributed by atoms with Crippen molar-refractivity contribution in [3.63, 3.8) is 0 Å². The topological polar surface area (TPSA) is 43.8 Å². The molecule has 1 aliphatic heterocycles. The van der Waals surface area contributed by atoms with Crippen LogP contribution < -0.4 is 5.73 Å².